The van der Waals surface area contributed by atoms with Gasteiger partial charge in [0, 0.05) is 13.0 Å². The van der Waals surface area contributed by atoms with Crippen molar-refractivity contribution in [1.82, 2.24) is 4.90 Å². The van der Waals surface area contributed by atoms with Crippen LogP contribution >= 0.6 is 0 Å². The molecular weight excluding hydrogens is 268 g/mol. The van der Waals surface area contributed by atoms with E-state index < -0.39 is 11.5 Å². The number of nitrogens with two attached hydrogens (primary N) is 1. The summed E-state index contributed by atoms with van der Waals surface area (Å²) in [4.78, 5) is 26.1. The quantitative estimate of drug-likeness (QED) is 0.814. The molecule has 1 saturated heterocycles. The molecule has 1 amide bonds. The van der Waals surface area contributed by atoms with Crippen LogP contribution < -0.4 is 5.73 Å². The van der Waals surface area contributed by atoms with Gasteiger partial charge in [-0.1, -0.05) is 26.2 Å². The molecule has 0 spiro atoms. The van der Waals surface area contributed by atoms with Gasteiger partial charge in [0.25, 0.3) is 0 Å². The van der Waals surface area contributed by atoms with Gasteiger partial charge in [0.15, 0.2) is 0 Å². The molecule has 0 aromatic rings. The lowest BCUT2D eigenvalue weighted by Gasteiger charge is -2.40. The van der Waals surface area contributed by atoms with Gasteiger partial charge >= 0.3 is 5.97 Å². The van der Waals surface area contributed by atoms with Crippen LogP contribution in [0.1, 0.15) is 64.7 Å². The van der Waals surface area contributed by atoms with Crippen molar-refractivity contribution >= 4 is 11.9 Å². The van der Waals surface area contributed by atoms with Gasteiger partial charge in [-0.3, -0.25) is 4.79 Å². The van der Waals surface area contributed by atoms with Gasteiger partial charge in [-0.2, -0.15) is 0 Å². The maximum absolute atomic E-state index is 12.8. The Morgan fingerprint density at radius 3 is 2.33 bits per heavy atom. The molecule has 120 valence electrons. The molecule has 5 heteroatoms. The number of amides is 1. The number of carboxylic acid groups (broad SMARTS) is 1. The van der Waals surface area contributed by atoms with Gasteiger partial charge in [-0.25, -0.2) is 4.79 Å². The zero-order valence-electron chi connectivity index (χ0n) is 13.1. The number of rotatable bonds is 5. The van der Waals surface area contributed by atoms with Crippen molar-refractivity contribution in [2.45, 2.75) is 70.3 Å². The summed E-state index contributed by atoms with van der Waals surface area (Å²) in [7, 11) is 0. The van der Waals surface area contributed by atoms with Crippen LogP contribution in [0, 0.1) is 5.41 Å². The molecule has 2 fully saturated rings. The van der Waals surface area contributed by atoms with E-state index in [2.05, 4.69) is 0 Å². The molecule has 1 saturated carbocycles. The summed E-state index contributed by atoms with van der Waals surface area (Å²) in [5.74, 6) is -0.870. The Morgan fingerprint density at radius 1 is 1.14 bits per heavy atom. The molecule has 0 aromatic heterocycles. The lowest BCUT2D eigenvalue weighted by atomic mass is 9.71. The highest BCUT2D eigenvalue weighted by Gasteiger charge is 2.49. The topological polar surface area (TPSA) is 83.6 Å². The summed E-state index contributed by atoms with van der Waals surface area (Å²) in [6.07, 6.45) is 7.70. The van der Waals surface area contributed by atoms with E-state index >= 15 is 0 Å². The highest BCUT2D eigenvalue weighted by atomic mass is 16.4. The molecule has 3 N–H and O–H groups in total. The van der Waals surface area contributed by atoms with Crippen LogP contribution in [0.4, 0.5) is 0 Å². The zero-order valence-corrected chi connectivity index (χ0v) is 13.1. The fraction of sp³-hybridized carbons (Fsp3) is 0.875. The Morgan fingerprint density at radius 2 is 1.81 bits per heavy atom. The van der Waals surface area contributed by atoms with Gasteiger partial charge in [0.05, 0.1) is 0 Å². The molecule has 1 aliphatic heterocycles. The monoisotopic (exact) mass is 296 g/mol. The van der Waals surface area contributed by atoms with Crippen molar-refractivity contribution in [3.63, 3.8) is 0 Å². The van der Waals surface area contributed by atoms with Crippen LogP contribution in [0.3, 0.4) is 0 Å². The van der Waals surface area contributed by atoms with Crippen LogP contribution in [-0.2, 0) is 9.59 Å². The van der Waals surface area contributed by atoms with E-state index in [1.807, 2.05) is 6.92 Å². The van der Waals surface area contributed by atoms with E-state index in [9.17, 15) is 14.7 Å². The second-order valence-electron chi connectivity index (χ2n) is 6.78. The summed E-state index contributed by atoms with van der Waals surface area (Å²) in [6, 6.07) is 0. The average molecular weight is 296 g/mol. The molecule has 1 aliphatic carbocycles. The SMILES string of the molecule is CCC1(C(=O)O)CCCN1C(=O)CC1(CN)CCCCC1. The standard InChI is InChI=1S/C16H28N2O3/c1-2-16(14(20)21)9-6-10-18(16)13(19)11-15(12-17)7-4-3-5-8-15/h2-12,17H2,1H3,(H,20,21). The summed E-state index contributed by atoms with van der Waals surface area (Å²) in [5, 5.41) is 9.59. The summed E-state index contributed by atoms with van der Waals surface area (Å²) in [5.41, 5.74) is 4.87. The van der Waals surface area contributed by atoms with Crippen molar-refractivity contribution in [2.24, 2.45) is 11.1 Å². The average Bonchev–Trinajstić information content (AvgIpc) is 2.93. The minimum Gasteiger partial charge on any atom is -0.479 e. The lowest BCUT2D eigenvalue weighted by molar-refractivity contribution is -0.158. The smallest absolute Gasteiger partial charge is 0.329 e. The van der Waals surface area contributed by atoms with E-state index in [0.29, 0.717) is 32.4 Å². The van der Waals surface area contributed by atoms with Crippen LogP contribution in [0.15, 0.2) is 0 Å². The summed E-state index contributed by atoms with van der Waals surface area (Å²) in [6.45, 7) is 2.96. The Hall–Kier alpha value is -1.10. The van der Waals surface area contributed by atoms with Crippen molar-refractivity contribution in [1.29, 1.82) is 0 Å². The Labute approximate surface area is 126 Å². The third-order valence-corrected chi connectivity index (χ3v) is 5.65. The van der Waals surface area contributed by atoms with E-state index in [4.69, 9.17) is 5.73 Å². The minimum absolute atomic E-state index is 0.0101. The highest BCUT2D eigenvalue weighted by molar-refractivity contribution is 5.88. The molecule has 1 heterocycles. The number of carbonyl (C=O) groups excluding carboxylic acids is 1. The maximum atomic E-state index is 12.8. The number of carbonyl (C=O) groups is 2. The first kappa shape index (κ1) is 16.3. The molecule has 21 heavy (non-hydrogen) atoms. The van der Waals surface area contributed by atoms with E-state index in [1.165, 1.54) is 6.42 Å². The Balaban J connectivity index is 2.13. The predicted octanol–water partition coefficient (Wildman–Crippen LogP) is 2.14. The first-order valence-corrected chi connectivity index (χ1v) is 8.24. The van der Waals surface area contributed by atoms with E-state index in [0.717, 1.165) is 32.1 Å². The number of aliphatic carboxylic acids is 1. The third kappa shape index (κ3) is 2.93. The number of nitrogens with zero attached hydrogens (tertiary/aromatic N) is 1. The molecule has 0 radical (unpaired) electrons. The van der Waals surface area contributed by atoms with Crippen LogP contribution in [0.5, 0.6) is 0 Å². The lowest BCUT2D eigenvalue weighted by Crippen LogP contribution is -2.54. The first-order chi connectivity index (χ1) is 9.99. The second kappa shape index (κ2) is 6.34. The number of carboxylic acids is 1. The molecule has 5 nitrogen and oxygen atoms in total. The third-order valence-electron chi connectivity index (χ3n) is 5.65. The minimum atomic E-state index is -0.985. The molecular formula is C16H28N2O3. The molecule has 0 bridgehead atoms. The van der Waals surface area contributed by atoms with Gasteiger partial charge in [0.1, 0.15) is 5.54 Å². The molecule has 0 aromatic carbocycles. The van der Waals surface area contributed by atoms with Crippen LogP contribution in [-0.4, -0.2) is 40.5 Å². The summed E-state index contributed by atoms with van der Waals surface area (Å²) >= 11 is 0. The molecule has 2 aliphatic rings. The Bertz CT molecular complexity index is 404. The van der Waals surface area contributed by atoms with E-state index in [-0.39, 0.29) is 11.3 Å². The molecule has 2 rings (SSSR count). The Kier molecular flexibility index (Phi) is 4.91. The fourth-order valence-electron chi connectivity index (χ4n) is 4.15. The predicted molar refractivity (Wildman–Crippen MR) is 80.8 cm³/mol. The molecule has 1 unspecified atom stereocenters. The van der Waals surface area contributed by atoms with Crippen molar-refractivity contribution in [2.75, 3.05) is 13.1 Å². The zero-order chi connectivity index (χ0) is 15.5. The second-order valence-corrected chi connectivity index (χ2v) is 6.78. The van der Waals surface area contributed by atoms with Crippen molar-refractivity contribution < 1.29 is 14.7 Å². The first-order valence-electron chi connectivity index (χ1n) is 8.24. The number of hydrogen-bond donors (Lipinski definition) is 2. The van der Waals surface area contributed by atoms with Crippen molar-refractivity contribution in [3.8, 4) is 0 Å². The fourth-order valence-corrected chi connectivity index (χ4v) is 4.15. The van der Waals surface area contributed by atoms with Gasteiger partial charge in [-0.15, -0.1) is 0 Å². The number of hydrogen-bond acceptors (Lipinski definition) is 3. The van der Waals surface area contributed by atoms with Gasteiger partial charge in [-0.05, 0) is 44.1 Å². The van der Waals surface area contributed by atoms with Crippen LogP contribution in [0.25, 0.3) is 0 Å². The number of likely N-dealkylation sites (tertiary alicyclic amines) is 1. The highest BCUT2D eigenvalue weighted by Crippen LogP contribution is 2.41. The largest absolute Gasteiger partial charge is 0.479 e. The van der Waals surface area contributed by atoms with Gasteiger partial charge in [0.2, 0.25) is 5.91 Å². The maximum Gasteiger partial charge on any atom is 0.329 e. The van der Waals surface area contributed by atoms with Crippen LogP contribution in [0.2, 0.25) is 0 Å². The normalized spacial score (nSPS) is 28.6. The molecule has 1 atom stereocenters. The van der Waals surface area contributed by atoms with Gasteiger partial charge < -0.3 is 15.7 Å². The van der Waals surface area contributed by atoms with E-state index in [1.54, 1.807) is 4.90 Å². The van der Waals surface area contributed by atoms with Crippen molar-refractivity contribution in [3.05, 3.63) is 0 Å². The summed E-state index contributed by atoms with van der Waals surface area (Å²) < 4.78 is 0.